The Morgan fingerprint density at radius 3 is 2.61 bits per heavy atom. The van der Waals surface area contributed by atoms with Crippen molar-refractivity contribution < 1.29 is 19.1 Å². The zero-order valence-corrected chi connectivity index (χ0v) is 21.8. The van der Waals surface area contributed by atoms with Gasteiger partial charge in [-0.2, -0.15) is 0 Å². The summed E-state index contributed by atoms with van der Waals surface area (Å²) in [4.78, 5) is 29.9. The summed E-state index contributed by atoms with van der Waals surface area (Å²) in [5.41, 5.74) is 3.92. The highest BCUT2D eigenvalue weighted by atomic mass is 35.5. The number of hydrogen-bond acceptors (Lipinski definition) is 5. The molecule has 9 heteroatoms. The van der Waals surface area contributed by atoms with Gasteiger partial charge < -0.3 is 19.7 Å². The van der Waals surface area contributed by atoms with Crippen LogP contribution in [0.25, 0.3) is 0 Å². The zero-order valence-electron chi connectivity index (χ0n) is 20.2. The molecule has 1 fully saturated rings. The molecule has 0 aliphatic carbocycles. The second-order valence-electron chi connectivity index (χ2n) is 8.66. The topological polar surface area (TPSA) is 71.1 Å². The van der Waals surface area contributed by atoms with Crippen LogP contribution in [0.2, 0.25) is 5.02 Å². The molecule has 3 aromatic rings. The predicted molar refractivity (Wildman–Crippen MR) is 143 cm³/mol. The highest BCUT2D eigenvalue weighted by molar-refractivity contribution is 8.01. The van der Waals surface area contributed by atoms with Gasteiger partial charge in [0, 0.05) is 28.6 Å². The van der Waals surface area contributed by atoms with Crippen LogP contribution in [0.3, 0.4) is 0 Å². The highest BCUT2D eigenvalue weighted by Gasteiger charge is 2.59. The van der Waals surface area contributed by atoms with Crippen molar-refractivity contribution in [2.45, 2.75) is 18.3 Å². The third-order valence-electron chi connectivity index (χ3n) is 6.54. The molecule has 5 rings (SSSR count). The molecule has 0 aromatic heterocycles. The Bertz CT molecular complexity index is 1350. The fourth-order valence-corrected chi connectivity index (χ4v) is 6.33. The Morgan fingerprint density at radius 1 is 1.08 bits per heavy atom. The molecule has 3 amide bonds. The van der Waals surface area contributed by atoms with Gasteiger partial charge in [-0.15, -0.1) is 11.8 Å². The van der Waals surface area contributed by atoms with Gasteiger partial charge in [0.2, 0.25) is 0 Å². The summed E-state index contributed by atoms with van der Waals surface area (Å²) in [6.07, 6.45) is 0. The number of hydrogen-bond donors (Lipinski definition) is 1. The summed E-state index contributed by atoms with van der Waals surface area (Å²) in [6, 6.07) is 18.2. The van der Waals surface area contributed by atoms with Crippen molar-refractivity contribution in [3.05, 3.63) is 82.4 Å². The smallest absolute Gasteiger partial charge is 0.323 e. The van der Waals surface area contributed by atoms with Crippen molar-refractivity contribution in [3.8, 4) is 11.5 Å². The van der Waals surface area contributed by atoms with Crippen molar-refractivity contribution >= 4 is 46.7 Å². The van der Waals surface area contributed by atoms with Gasteiger partial charge in [-0.25, -0.2) is 4.79 Å². The van der Waals surface area contributed by atoms with E-state index in [1.165, 1.54) is 11.8 Å². The minimum atomic E-state index is -1.19. The maximum atomic E-state index is 14.2. The average Bonchev–Trinajstić information content (AvgIpc) is 3.43. The molecule has 0 radical (unpaired) electrons. The Morgan fingerprint density at radius 2 is 1.86 bits per heavy atom. The summed E-state index contributed by atoms with van der Waals surface area (Å²) in [6.45, 7) is 2.67. The number of urea groups is 1. The minimum absolute atomic E-state index is 0.159. The fraction of sp³-hybridized carbons (Fsp3) is 0.259. The molecule has 2 aliphatic heterocycles. The second kappa shape index (κ2) is 9.59. The van der Waals surface area contributed by atoms with Crippen molar-refractivity contribution in [3.63, 3.8) is 0 Å². The summed E-state index contributed by atoms with van der Waals surface area (Å²) in [7, 11) is 3.20. The van der Waals surface area contributed by atoms with Crippen molar-refractivity contribution in [1.29, 1.82) is 0 Å². The first-order valence-electron chi connectivity index (χ1n) is 11.5. The summed E-state index contributed by atoms with van der Waals surface area (Å²) >= 11 is 7.73. The van der Waals surface area contributed by atoms with Crippen LogP contribution in [0, 0.1) is 6.92 Å². The van der Waals surface area contributed by atoms with E-state index in [0.717, 1.165) is 28.1 Å². The molecule has 0 bridgehead atoms. The Balaban J connectivity index is 1.53. The summed E-state index contributed by atoms with van der Waals surface area (Å²) < 4.78 is 10.9. The fourth-order valence-electron chi connectivity index (χ4n) is 4.69. The molecule has 3 aromatic carbocycles. The van der Waals surface area contributed by atoms with Crippen LogP contribution in [-0.2, 0) is 16.2 Å². The molecule has 1 N–H and O–H groups in total. The number of amides is 3. The number of carbonyl (C=O) groups excluding carboxylic acids is 2. The minimum Gasteiger partial charge on any atom is -0.497 e. The maximum absolute atomic E-state index is 14.2. The maximum Gasteiger partial charge on any atom is 0.323 e. The Kier molecular flexibility index (Phi) is 6.49. The van der Waals surface area contributed by atoms with E-state index in [0.29, 0.717) is 35.3 Å². The van der Waals surface area contributed by atoms with Gasteiger partial charge in [-0.1, -0.05) is 29.8 Å². The highest BCUT2D eigenvalue weighted by Crippen LogP contribution is 2.55. The molecule has 1 spiro atoms. The molecular weight excluding hydrogens is 498 g/mol. The number of thioether (sulfide) groups is 1. The summed E-state index contributed by atoms with van der Waals surface area (Å²) in [5, 5.41) is 3.50. The quantitative estimate of drug-likeness (QED) is 0.468. The standard InChI is InChI=1S/C27H26ClN3O4S/c1-17-7-8-19(14-23(17)28)29-26(33)31-11-12-36-27(31)22-15-21(35-3)9-10-24(22)30(25(27)32)16-18-5-4-6-20(13-18)34-2/h4-10,13-15H,11-12,16H2,1-3H3,(H,29,33)/t27-/m1/s1. The first-order chi connectivity index (χ1) is 17.4. The van der Waals surface area contributed by atoms with Crippen LogP contribution in [0.1, 0.15) is 16.7 Å². The van der Waals surface area contributed by atoms with Gasteiger partial charge in [0.05, 0.1) is 26.5 Å². The number of fused-ring (bicyclic) bond motifs is 2. The molecule has 0 unspecified atom stereocenters. The number of benzene rings is 3. The van der Waals surface area contributed by atoms with Gasteiger partial charge in [0.25, 0.3) is 5.91 Å². The monoisotopic (exact) mass is 523 g/mol. The normalized spacial score (nSPS) is 18.5. The number of carbonyl (C=O) groups is 2. The van der Waals surface area contributed by atoms with Crippen LogP contribution >= 0.6 is 23.4 Å². The van der Waals surface area contributed by atoms with Crippen LogP contribution in [-0.4, -0.2) is 43.4 Å². The first kappa shape index (κ1) is 24.3. The number of anilines is 2. The molecule has 7 nitrogen and oxygen atoms in total. The Labute approximate surface area is 219 Å². The molecule has 2 aliphatic rings. The molecular formula is C27H26ClN3O4S. The molecule has 36 heavy (non-hydrogen) atoms. The van der Waals surface area contributed by atoms with Gasteiger partial charge >= 0.3 is 6.03 Å². The SMILES string of the molecule is COc1cccc(CN2C(=O)[C@]3(SCCN3C(=O)Nc3ccc(C)c(Cl)c3)c3cc(OC)ccc32)c1. The largest absolute Gasteiger partial charge is 0.497 e. The van der Waals surface area contributed by atoms with Crippen molar-refractivity contribution in [1.82, 2.24) is 4.90 Å². The lowest BCUT2D eigenvalue weighted by Crippen LogP contribution is -2.51. The number of nitrogens with one attached hydrogen (secondary N) is 1. The molecule has 1 atom stereocenters. The number of methoxy groups -OCH3 is 2. The summed E-state index contributed by atoms with van der Waals surface area (Å²) in [5.74, 6) is 1.81. The zero-order chi connectivity index (χ0) is 25.4. The van der Waals surface area contributed by atoms with Gasteiger partial charge in [-0.05, 0) is 60.5 Å². The number of ether oxygens (including phenoxy) is 2. The van der Waals surface area contributed by atoms with Gasteiger partial charge in [-0.3, -0.25) is 9.69 Å². The number of nitrogens with zero attached hydrogens (tertiary/aromatic N) is 2. The average molecular weight is 524 g/mol. The van der Waals surface area contributed by atoms with Crippen molar-refractivity contribution in [2.75, 3.05) is 36.7 Å². The van der Waals surface area contributed by atoms with E-state index >= 15 is 0 Å². The number of aryl methyl sites for hydroxylation is 1. The van der Waals surface area contributed by atoms with E-state index in [4.69, 9.17) is 21.1 Å². The lowest BCUT2D eigenvalue weighted by molar-refractivity contribution is -0.123. The van der Waals surface area contributed by atoms with Crippen LogP contribution in [0.15, 0.2) is 60.7 Å². The molecule has 186 valence electrons. The van der Waals surface area contributed by atoms with E-state index in [2.05, 4.69) is 5.32 Å². The first-order valence-corrected chi connectivity index (χ1v) is 12.9. The van der Waals surface area contributed by atoms with E-state index in [9.17, 15) is 9.59 Å². The molecule has 2 heterocycles. The second-order valence-corrected chi connectivity index (χ2v) is 10.4. The van der Waals surface area contributed by atoms with E-state index in [1.54, 1.807) is 36.2 Å². The van der Waals surface area contributed by atoms with Crippen LogP contribution < -0.4 is 19.7 Å². The van der Waals surface area contributed by atoms with E-state index in [-0.39, 0.29) is 11.9 Å². The van der Waals surface area contributed by atoms with Crippen molar-refractivity contribution in [2.24, 2.45) is 0 Å². The third-order valence-corrected chi connectivity index (χ3v) is 8.37. The lowest BCUT2D eigenvalue weighted by atomic mass is 10.1. The van der Waals surface area contributed by atoms with Crippen LogP contribution in [0.5, 0.6) is 11.5 Å². The lowest BCUT2D eigenvalue weighted by Gasteiger charge is -2.33. The van der Waals surface area contributed by atoms with E-state index < -0.39 is 4.87 Å². The van der Waals surface area contributed by atoms with Gasteiger partial charge in [0.1, 0.15) is 11.5 Å². The van der Waals surface area contributed by atoms with E-state index in [1.807, 2.05) is 55.5 Å². The van der Waals surface area contributed by atoms with Gasteiger partial charge in [0.15, 0.2) is 4.87 Å². The number of halogens is 1. The third kappa shape index (κ3) is 4.04. The molecule has 0 saturated carbocycles. The molecule has 1 saturated heterocycles. The predicted octanol–water partition coefficient (Wildman–Crippen LogP) is 5.65. The number of rotatable bonds is 5. The Hall–Kier alpha value is -3.36. The van der Waals surface area contributed by atoms with Crippen LogP contribution in [0.4, 0.5) is 16.2 Å².